The third kappa shape index (κ3) is 4.48. The van der Waals surface area contributed by atoms with E-state index in [2.05, 4.69) is 29.2 Å². The van der Waals surface area contributed by atoms with Gasteiger partial charge in [-0.05, 0) is 41.8 Å². The molecule has 0 bridgehead atoms. The molecule has 30 heavy (non-hydrogen) atoms. The number of fused-ring (bicyclic) bond motifs is 1. The fourth-order valence-electron chi connectivity index (χ4n) is 4.99. The highest BCUT2D eigenvalue weighted by molar-refractivity contribution is 6.30. The SMILES string of the molecule is COCC(=O)N1CC[C@@H]2[C@H](C1)[C@@H](c1ccc(OC)cc1)CN2Cc1ccc(Cl)cc1. The van der Waals surface area contributed by atoms with Crippen LogP contribution in [0.15, 0.2) is 48.5 Å². The van der Waals surface area contributed by atoms with Crippen molar-refractivity contribution in [1.29, 1.82) is 0 Å². The summed E-state index contributed by atoms with van der Waals surface area (Å²) in [6.45, 7) is 3.60. The van der Waals surface area contributed by atoms with E-state index < -0.39 is 0 Å². The maximum Gasteiger partial charge on any atom is 0.248 e. The number of ether oxygens (including phenoxy) is 2. The molecular weight excluding hydrogens is 400 g/mol. The van der Waals surface area contributed by atoms with Crippen molar-refractivity contribution in [2.24, 2.45) is 5.92 Å². The minimum absolute atomic E-state index is 0.0839. The first kappa shape index (κ1) is 21.2. The number of piperidine rings is 1. The quantitative estimate of drug-likeness (QED) is 0.701. The van der Waals surface area contributed by atoms with Gasteiger partial charge in [-0.25, -0.2) is 0 Å². The average Bonchev–Trinajstić information content (AvgIpc) is 3.13. The number of halogens is 1. The normalized spacial score (nSPS) is 24.0. The standard InChI is InChI=1S/C24H29ClN2O3/c1-29-16-24(28)26-12-11-23-22(15-26)21(18-5-9-20(30-2)10-6-18)14-27(23)13-17-3-7-19(25)8-4-17/h3-10,21-23H,11-16H2,1-2H3/t21-,22-,23-/m1/s1. The van der Waals surface area contributed by atoms with E-state index in [9.17, 15) is 4.79 Å². The van der Waals surface area contributed by atoms with Gasteiger partial charge in [-0.1, -0.05) is 35.9 Å². The Kier molecular flexibility index (Phi) is 6.61. The first-order valence-corrected chi connectivity index (χ1v) is 10.9. The Morgan fingerprint density at radius 2 is 1.80 bits per heavy atom. The van der Waals surface area contributed by atoms with Crippen LogP contribution in [0.3, 0.4) is 0 Å². The van der Waals surface area contributed by atoms with Gasteiger partial charge >= 0.3 is 0 Å². The lowest BCUT2D eigenvalue weighted by molar-refractivity contribution is -0.137. The lowest BCUT2D eigenvalue weighted by atomic mass is 9.81. The summed E-state index contributed by atoms with van der Waals surface area (Å²) in [5.41, 5.74) is 2.58. The molecule has 2 aliphatic heterocycles. The summed E-state index contributed by atoms with van der Waals surface area (Å²) in [5.74, 6) is 1.74. The molecule has 0 aromatic heterocycles. The van der Waals surface area contributed by atoms with Crippen molar-refractivity contribution in [3.63, 3.8) is 0 Å². The van der Waals surface area contributed by atoms with E-state index in [4.69, 9.17) is 21.1 Å². The average molecular weight is 429 g/mol. The number of carbonyl (C=O) groups is 1. The smallest absolute Gasteiger partial charge is 0.248 e. The van der Waals surface area contributed by atoms with Gasteiger partial charge in [0.15, 0.2) is 0 Å². The molecule has 5 nitrogen and oxygen atoms in total. The summed E-state index contributed by atoms with van der Waals surface area (Å²) in [4.78, 5) is 17.0. The molecule has 2 aliphatic rings. The number of amides is 1. The fraction of sp³-hybridized carbons (Fsp3) is 0.458. The lowest BCUT2D eigenvalue weighted by Gasteiger charge is -2.39. The van der Waals surface area contributed by atoms with E-state index in [0.717, 1.165) is 43.4 Å². The molecule has 0 spiro atoms. The van der Waals surface area contributed by atoms with Crippen LogP contribution >= 0.6 is 11.6 Å². The van der Waals surface area contributed by atoms with Crippen LogP contribution in [0, 0.1) is 5.92 Å². The predicted molar refractivity (Wildman–Crippen MR) is 118 cm³/mol. The maximum absolute atomic E-state index is 12.5. The van der Waals surface area contributed by atoms with Crippen LogP contribution in [0.4, 0.5) is 0 Å². The van der Waals surface area contributed by atoms with Crippen LogP contribution in [0.1, 0.15) is 23.5 Å². The Morgan fingerprint density at radius 1 is 1.07 bits per heavy atom. The third-order valence-corrected chi connectivity index (χ3v) is 6.75. The molecule has 2 saturated heterocycles. The number of nitrogens with zero attached hydrogens (tertiary/aromatic N) is 2. The Morgan fingerprint density at radius 3 is 2.47 bits per heavy atom. The molecule has 0 aliphatic carbocycles. The van der Waals surface area contributed by atoms with Gasteiger partial charge < -0.3 is 14.4 Å². The van der Waals surface area contributed by atoms with Crippen LogP contribution in [0.25, 0.3) is 0 Å². The van der Waals surface area contributed by atoms with Gasteiger partial charge in [-0.3, -0.25) is 9.69 Å². The zero-order chi connectivity index (χ0) is 21.1. The second-order valence-corrected chi connectivity index (χ2v) is 8.66. The highest BCUT2D eigenvalue weighted by Crippen LogP contribution is 2.42. The second kappa shape index (κ2) is 9.38. The molecule has 2 fully saturated rings. The molecular formula is C24H29ClN2O3. The molecule has 0 N–H and O–H groups in total. The number of likely N-dealkylation sites (tertiary alicyclic amines) is 2. The number of carbonyl (C=O) groups excluding carboxylic acids is 1. The number of hydrogen-bond acceptors (Lipinski definition) is 4. The van der Waals surface area contributed by atoms with E-state index in [1.807, 2.05) is 29.2 Å². The highest BCUT2D eigenvalue weighted by Gasteiger charge is 2.45. The minimum atomic E-state index is 0.0839. The van der Waals surface area contributed by atoms with Gasteiger partial charge in [0.05, 0.1) is 7.11 Å². The summed E-state index contributed by atoms with van der Waals surface area (Å²) >= 11 is 6.07. The van der Waals surface area contributed by atoms with E-state index in [-0.39, 0.29) is 12.5 Å². The number of methoxy groups -OCH3 is 2. The van der Waals surface area contributed by atoms with Gasteiger partial charge in [-0.2, -0.15) is 0 Å². The monoisotopic (exact) mass is 428 g/mol. The van der Waals surface area contributed by atoms with Gasteiger partial charge in [0.1, 0.15) is 12.4 Å². The van der Waals surface area contributed by atoms with Crippen molar-refractivity contribution in [3.8, 4) is 5.75 Å². The van der Waals surface area contributed by atoms with Crippen molar-refractivity contribution < 1.29 is 14.3 Å². The lowest BCUT2D eigenvalue weighted by Crippen LogP contribution is -2.49. The van der Waals surface area contributed by atoms with Gasteiger partial charge in [0.2, 0.25) is 5.91 Å². The molecule has 2 aromatic carbocycles. The molecule has 4 rings (SSSR count). The second-order valence-electron chi connectivity index (χ2n) is 8.23. The van der Waals surface area contributed by atoms with Gasteiger partial charge in [0, 0.05) is 56.2 Å². The van der Waals surface area contributed by atoms with E-state index >= 15 is 0 Å². The zero-order valence-electron chi connectivity index (χ0n) is 17.6. The van der Waals surface area contributed by atoms with Gasteiger partial charge in [-0.15, -0.1) is 0 Å². The topological polar surface area (TPSA) is 42.0 Å². The van der Waals surface area contributed by atoms with Gasteiger partial charge in [0.25, 0.3) is 0 Å². The fourth-order valence-corrected chi connectivity index (χ4v) is 5.12. The number of rotatable bonds is 6. The Labute approximate surface area is 183 Å². The van der Waals surface area contributed by atoms with Crippen molar-refractivity contribution >= 4 is 17.5 Å². The van der Waals surface area contributed by atoms with E-state index in [1.54, 1.807) is 14.2 Å². The molecule has 3 atom stereocenters. The summed E-state index contributed by atoms with van der Waals surface area (Å²) in [5, 5.41) is 0.763. The van der Waals surface area contributed by atoms with Crippen molar-refractivity contribution in [2.45, 2.75) is 24.9 Å². The van der Waals surface area contributed by atoms with Crippen molar-refractivity contribution in [1.82, 2.24) is 9.80 Å². The van der Waals surface area contributed by atoms with Crippen LogP contribution in [0.5, 0.6) is 5.75 Å². The summed E-state index contributed by atoms with van der Waals surface area (Å²) in [6, 6.07) is 17.0. The first-order chi connectivity index (χ1) is 14.6. The molecule has 0 radical (unpaired) electrons. The molecule has 160 valence electrons. The molecule has 0 saturated carbocycles. The van der Waals surface area contributed by atoms with Crippen LogP contribution in [-0.2, 0) is 16.1 Å². The minimum Gasteiger partial charge on any atom is -0.497 e. The summed E-state index contributed by atoms with van der Waals surface area (Å²) < 4.78 is 10.4. The zero-order valence-corrected chi connectivity index (χ0v) is 18.3. The Balaban J connectivity index is 1.57. The first-order valence-electron chi connectivity index (χ1n) is 10.5. The largest absolute Gasteiger partial charge is 0.497 e. The van der Waals surface area contributed by atoms with Crippen molar-refractivity contribution in [3.05, 3.63) is 64.7 Å². The Hall–Kier alpha value is -2.08. The molecule has 0 unspecified atom stereocenters. The molecule has 1 amide bonds. The van der Waals surface area contributed by atoms with Crippen LogP contribution in [0.2, 0.25) is 5.02 Å². The van der Waals surface area contributed by atoms with E-state index in [0.29, 0.717) is 17.9 Å². The number of hydrogen-bond donors (Lipinski definition) is 0. The third-order valence-electron chi connectivity index (χ3n) is 6.50. The van der Waals surface area contributed by atoms with Crippen LogP contribution in [-0.4, -0.2) is 62.2 Å². The van der Waals surface area contributed by atoms with Crippen molar-refractivity contribution in [2.75, 3.05) is 40.5 Å². The molecule has 2 aromatic rings. The summed E-state index contributed by atoms with van der Waals surface area (Å²) in [7, 11) is 3.27. The van der Waals surface area contributed by atoms with Crippen LogP contribution < -0.4 is 4.74 Å². The van der Waals surface area contributed by atoms with E-state index in [1.165, 1.54) is 11.1 Å². The molecule has 6 heteroatoms. The Bertz CT molecular complexity index is 856. The predicted octanol–water partition coefficient (Wildman–Crippen LogP) is 3.81. The number of benzene rings is 2. The summed E-state index contributed by atoms with van der Waals surface area (Å²) in [6.07, 6.45) is 0.986. The highest BCUT2D eigenvalue weighted by atomic mass is 35.5. The maximum atomic E-state index is 12.5. The molecule has 2 heterocycles.